The minimum absolute atomic E-state index is 0.0543. The van der Waals surface area contributed by atoms with Crippen LogP contribution < -0.4 is 10.6 Å². The molecular formula is C16H19N3O2S2. The first-order valence-corrected chi connectivity index (χ1v) is 8.55. The Morgan fingerprint density at radius 2 is 2.26 bits per heavy atom. The highest BCUT2D eigenvalue weighted by Gasteiger charge is 2.15. The Labute approximate surface area is 145 Å². The third kappa shape index (κ3) is 6.33. The highest BCUT2D eigenvalue weighted by Crippen LogP contribution is 2.22. The Bertz CT molecular complexity index is 618. The van der Waals surface area contributed by atoms with E-state index in [1.54, 1.807) is 17.5 Å². The number of aromatic nitrogens is 1. The lowest BCUT2D eigenvalue weighted by Crippen LogP contribution is -2.39. The van der Waals surface area contributed by atoms with E-state index in [2.05, 4.69) is 21.7 Å². The third-order valence-electron chi connectivity index (χ3n) is 3.02. The van der Waals surface area contributed by atoms with Crippen molar-refractivity contribution in [2.24, 2.45) is 0 Å². The van der Waals surface area contributed by atoms with Crippen LogP contribution in [-0.4, -0.2) is 29.2 Å². The van der Waals surface area contributed by atoms with Crippen molar-refractivity contribution in [1.82, 2.24) is 15.6 Å². The van der Waals surface area contributed by atoms with E-state index in [0.717, 1.165) is 12.1 Å². The summed E-state index contributed by atoms with van der Waals surface area (Å²) in [5.41, 5.74) is 1.00. The van der Waals surface area contributed by atoms with Gasteiger partial charge in [0.05, 0.1) is 12.6 Å². The van der Waals surface area contributed by atoms with E-state index < -0.39 is 0 Å². The zero-order valence-electron chi connectivity index (χ0n) is 12.8. The molecule has 1 unspecified atom stereocenters. The van der Waals surface area contributed by atoms with Crippen molar-refractivity contribution in [3.63, 3.8) is 0 Å². The number of nitrogens with one attached hydrogen (secondary N) is 2. The Hall–Kier alpha value is -1.99. The standard InChI is InChI=1S/C16H19N3O2S2/c1-12(20)21-9-8-18-16(22)19-14(15-6-4-10-23-15)11-13-5-2-3-7-17-13/h2-7,10,14H,8-9,11H2,1H3,(H2,18,19,22). The zero-order valence-corrected chi connectivity index (χ0v) is 14.5. The first-order chi connectivity index (χ1) is 11.1. The summed E-state index contributed by atoms with van der Waals surface area (Å²) in [6.45, 7) is 2.16. The van der Waals surface area contributed by atoms with Crippen LogP contribution in [0.25, 0.3) is 0 Å². The van der Waals surface area contributed by atoms with E-state index in [0.29, 0.717) is 18.3 Å². The molecule has 0 saturated carbocycles. The number of hydrogen-bond acceptors (Lipinski definition) is 5. The molecule has 2 N–H and O–H groups in total. The molecule has 5 nitrogen and oxygen atoms in total. The van der Waals surface area contributed by atoms with Gasteiger partial charge in [-0.05, 0) is 35.8 Å². The van der Waals surface area contributed by atoms with Crippen LogP contribution in [0.3, 0.4) is 0 Å². The Kier molecular flexibility index (Phi) is 6.96. The molecule has 23 heavy (non-hydrogen) atoms. The van der Waals surface area contributed by atoms with Crippen LogP contribution in [0.15, 0.2) is 41.9 Å². The van der Waals surface area contributed by atoms with Crippen molar-refractivity contribution in [3.8, 4) is 0 Å². The molecule has 0 amide bonds. The molecule has 0 bridgehead atoms. The number of hydrogen-bond donors (Lipinski definition) is 2. The fourth-order valence-electron chi connectivity index (χ4n) is 2.01. The van der Waals surface area contributed by atoms with Gasteiger partial charge in [0.15, 0.2) is 5.11 Å². The number of esters is 1. The molecule has 2 aromatic heterocycles. The summed E-state index contributed by atoms with van der Waals surface area (Å²) in [7, 11) is 0. The molecule has 2 rings (SSSR count). The van der Waals surface area contributed by atoms with Gasteiger partial charge < -0.3 is 15.4 Å². The van der Waals surface area contributed by atoms with Crippen LogP contribution in [-0.2, 0) is 16.0 Å². The average Bonchev–Trinajstić information content (AvgIpc) is 3.06. The van der Waals surface area contributed by atoms with E-state index in [1.807, 2.05) is 29.6 Å². The second kappa shape index (κ2) is 9.22. The topological polar surface area (TPSA) is 63.2 Å². The van der Waals surface area contributed by atoms with Crippen LogP contribution in [0.2, 0.25) is 0 Å². The van der Waals surface area contributed by atoms with Gasteiger partial charge in [-0.2, -0.15) is 0 Å². The van der Waals surface area contributed by atoms with E-state index in [1.165, 1.54) is 11.8 Å². The molecule has 0 saturated heterocycles. The largest absolute Gasteiger partial charge is 0.464 e. The summed E-state index contributed by atoms with van der Waals surface area (Å²) in [6.07, 6.45) is 2.53. The second-order valence-corrected chi connectivity index (χ2v) is 6.22. The number of ether oxygens (including phenoxy) is 1. The summed E-state index contributed by atoms with van der Waals surface area (Å²) in [5, 5.41) is 8.92. The highest BCUT2D eigenvalue weighted by molar-refractivity contribution is 7.80. The summed E-state index contributed by atoms with van der Waals surface area (Å²) in [5.74, 6) is -0.294. The molecule has 2 heterocycles. The molecule has 0 spiro atoms. The van der Waals surface area contributed by atoms with E-state index in [4.69, 9.17) is 17.0 Å². The number of carbonyl (C=O) groups is 1. The quantitative estimate of drug-likeness (QED) is 0.455. The summed E-state index contributed by atoms with van der Waals surface area (Å²) < 4.78 is 4.87. The number of rotatable bonds is 7. The van der Waals surface area contributed by atoms with Gasteiger partial charge in [0, 0.05) is 30.1 Å². The van der Waals surface area contributed by atoms with Crippen molar-refractivity contribution in [2.45, 2.75) is 19.4 Å². The molecule has 0 aliphatic carbocycles. The maximum atomic E-state index is 10.7. The minimum Gasteiger partial charge on any atom is -0.464 e. The Morgan fingerprint density at radius 3 is 2.91 bits per heavy atom. The Balaban J connectivity index is 1.90. The molecule has 2 aromatic rings. The molecular weight excluding hydrogens is 330 g/mol. The average molecular weight is 349 g/mol. The van der Waals surface area contributed by atoms with E-state index >= 15 is 0 Å². The smallest absolute Gasteiger partial charge is 0.302 e. The van der Waals surface area contributed by atoms with Gasteiger partial charge in [0.25, 0.3) is 0 Å². The van der Waals surface area contributed by atoms with Gasteiger partial charge in [0.1, 0.15) is 6.61 Å². The zero-order chi connectivity index (χ0) is 16.5. The lowest BCUT2D eigenvalue weighted by molar-refractivity contribution is -0.140. The summed E-state index contributed by atoms with van der Waals surface area (Å²) in [6, 6.07) is 10.0. The first kappa shape index (κ1) is 17.4. The fraction of sp³-hybridized carbons (Fsp3) is 0.312. The maximum Gasteiger partial charge on any atom is 0.302 e. The second-order valence-electron chi connectivity index (χ2n) is 4.83. The first-order valence-electron chi connectivity index (χ1n) is 7.26. The van der Waals surface area contributed by atoms with Gasteiger partial charge in [0.2, 0.25) is 0 Å². The van der Waals surface area contributed by atoms with Gasteiger partial charge in [-0.3, -0.25) is 9.78 Å². The molecule has 0 aromatic carbocycles. The number of carbonyl (C=O) groups excluding carboxylic acids is 1. The predicted octanol–water partition coefficient (Wildman–Crippen LogP) is 2.45. The lowest BCUT2D eigenvalue weighted by Gasteiger charge is -2.19. The fourth-order valence-corrected chi connectivity index (χ4v) is 3.03. The van der Waals surface area contributed by atoms with E-state index in [9.17, 15) is 4.79 Å². The molecule has 0 aliphatic heterocycles. The van der Waals surface area contributed by atoms with Crippen molar-refractivity contribution >= 4 is 34.6 Å². The molecule has 7 heteroatoms. The molecule has 122 valence electrons. The van der Waals surface area contributed by atoms with Gasteiger partial charge in [-0.25, -0.2) is 0 Å². The highest BCUT2D eigenvalue weighted by atomic mass is 32.1. The molecule has 0 aliphatic rings. The van der Waals surface area contributed by atoms with Crippen LogP contribution in [0.4, 0.5) is 0 Å². The predicted molar refractivity (Wildman–Crippen MR) is 95.4 cm³/mol. The minimum atomic E-state index is -0.294. The number of pyridine rings is 1. The monoisotopic (exact) mass is 349 g/mol. The lowest BCUT2D eigenvalue weighted by atomic mass is 10.1. The molecule has 1 atom stereocenters. The van der Waals surface area contributed by atoms with Crippen LogP contribution in [0.1, 0.15) is 23.5 Å². The van der Waals surface area contributed by atoms with Crippen molar-refractivity contribution in [2.75, 3.05) is 13.2 Å². The normalized spacial score (nSPS) is 11.5. The Morgan fingerprint density at radius 1 is 1.39 bits per heavy atom. The summed E-state index contributed by atoms with van der Waals surface area (Å²) >= 11 is 7.00. The number of thiophene rings is 1. The molecule has 0 radical (unpaired) electrons. The van der Waals surface area contributed by atoms with E-state index in [-0.39, 0.29) is 12.0 Å². The number of nitrogens with zero attached hydrogens (tertiary/aromatic N) is 1. The SMILES string of the molecule is CC(=O)OCCNC(=S)NC(Cc1ccccn1)c1cccs1. The van der Waals surface area contributed by atoms with Gasteiger partial charge in [-0.15, -0.1) is 11.3 Å². The van der Waals surface area contributed by atoms with Gasteiger partial charge in [-0.1, -0.05) is 12.1 Å². The van der Waals surface area contributed by atoms with Crippen LogP contribution in [0.5, 0.6) is 0 Å². The summed E-state index contributed by atoms with van der Waals surface area (Å²) in [4.78, 5) is 16.3. The van der Waals surface area contributed by atoms with Crippen molar-refractivity contribution < 1.29 is 9.53 Å². The van der Waals surface area contributed by atoms with Crippen LogP contribution >= 0.6 is 23.6 Å². The molecule has 0 fully saturated rings. The number of thiocarbonyl (C=S) groups is 1. The van der Waals surface area contributed by atoms with Gasteiger partial charge >= 0.3 is 5.97 Å². The van der Waals surface area contributed by atoms with Crippen LogP contribution in [0, 0.1) is 0 Å². The maximum absolute atomic E-state index is 10.7. The third-order valence-corrected chi connectivity index (χ3v) is 4.27. The van der Waals surface area contributed by atoms with Crippen molar-refractivity contribution in [1.29, 1.82) is 0 Å². The van der Waals surface area contributed by atoms with Crippen molar-refractivity contribution in [3.05, 3.63) is 52.5 Å².